The molecule has 0 aromatic heterocycles. The molecule has 5 fully saturated rings. The third-order valence-electron chi connectivity index (χ3n) is 5.97. The average Bonchev–Trinajstić information content (AvgIpc) is 2.83. The molecule has 0 spiro atoms. The first kappa shape index (κ1) is 13.4. The highest BCUT2D eigenvalue weighted by molar-refractivity contribution is 5.91. The molecule has 0 unspecified atom stereocenters. The molecule has 4 bridgehead atoms. The number of carbonyl (C=O) groups is 2. The normalized spacial score (nSPS) is 42.9. The number of esters is 2. The maximum atomic E-state index is 12.8. The molecule has 4 heteroatoms. The van der Waals surface area contributed by atoms with Gasteiger partial charge >= 0.3 is 11.9 Å². The first-order chi connectivity index (χ1) is 10.1. The summed E-state index contributed by atoms with van der Waals surface area (Å²) in [4.78, 5) is 24.3. The van der Waals surface area contributed by atoms with Crippen molar-refractivity contribution in [3.63, 3.8) is 0 Å². The standard InChI is InChI=1S/C17H22O4/c1-10(14-2-3-20-15(14)18)21-16(19)17-7-11-4-12(8-17)6-13(5-11)9-17/h11-13H,2-9H2,1H3/b14-10+. The second-order valence-corrected chi connectivity index (χ2v) is 7.51. The minimum Gasteiger partial charge on any atom is -0.462 e. The molecule has 5 rings (SSSR count). The van der Waals surface area contributed by atoms with Crippen LogP contribution in [0.1, 0.15) is 51.9 Å². The zero-order valence-electron chi connectivity index (χ0n) is 12.5. The van der Waals surface area contributed by atoms with Gasteiger partial charge in [0.15, 0.2) is 0 Å². The molecule has 0 aromatic carbocycles. The summed E-state index contributed by atoms with van der Waals surface area (Å²) < 4.78 is 10.6. The lowest BCUT2D eigenvalue weighted by Crippen LogP contribution is -2.50. The Bertz CT molecular complexity index is 496. The fraction of sp³-hybridized carbons (Fsp3) is 0.765. The van der Waals surface area contributed by atoms with Gasteiger partial charge in [0.1, 0.15) is 5.76 Å². The molecule has 4 saturated carbocycles. The summed E-state index contributed by atoms with van der Waals surface area (Å²) in [6.45, 7) is 2.13. The Morgan fingerprint density at radius 2 is 1.71 bits per heavy atom. The Morgan fingerprint density at radius 1 is 1.14 bits per heavy atom. The van der Waals surface area contributed by atoms with Crippen molar-refractivity contribution in [2.45, 2.75) is 51.9 Å². The molecule has 0 amide bonds. The summed E-state index contributed by atoms with van der Waals surface area (Å²) in [6.07, 6.45) is 7.44. The van der Waals surface area contributed by atoms with E-state index in [4.69, 9.17) is 9.47 Å². The van der Waals surface area contributed by atoms with E-state index < -0.39 is 0 Å². The third kappa shape index (κ3) is 2.11. The maximum Gasteiger partial charge on any atom is 0.337 e. The van der Waals surface area contributed by atoms with E-state index in [1.54, 1.807) is 6.92 Å². The van der Waals surface area contributed by atoms with E-state index in [2.05, 4.69) is 0 Å². The Balaban J connectivity index is 1.54. The van der Waals surface area contributed by atoms with E-state index in [1.165, 1.54) is 19.3 Å². The van der Waals surface area contributed by atoms with Crippen LogP contribution in [0.4, 0.5) is 0 Å². The number of ether oxygens (including phenoxy) is 2. The molecular formula is C17H22O4. The Labute approximate surface area is 124 Å². The van der Waals surface area contributed by atoms with Crippen molar-refractivity contribution in [2.75, 3.05) is 6.61 Å². The quantitative estimate of drug-likeness (QED) is 0.446. The molecule has 1 saturated heterocycles. The second-order valence-electron chi connectivity index (χ2n) is 7.51. The summed E-state index contributed by atoms with van der Waals surface area (Å²) in [5.41, 5.74) is 0.270. The van der Waals surface area contributed by atoms with E-state index in [0.29, 0.717) is 42.1 Å². The van der Waals surface area contributed by atoms with E-state index >= 15 is 0 Å². The molecule has 0 atom stereocenters. The van der Waals surface area contributed by atoms with Crippen molar-refractivity contribution in [3.05, 3.63) is 11.3 Å². The highest BCUT2D eigenvalue weighted by atomic mass is 16.6. The lowest BCUT2D eigenvalue weighted by Gasteiger charge is -2.55. The number of hydrogen-bond acceptors (Lipinski definition) is 4. The summed E-state index contributed by atoms with van der Waals surface area (Å²) in [5.74, 6) is 2.19. The second kappa shape index (κ2) is 4.59. The molecule has 1 heterocycles. The minimum atomic E-state index is -0.328. The highest BCUT2D eigenvalue weighted by Crippen LogP contribution is 2.60. The lowest BCUT2D eigenvalue weighted by atomic mass is 9.49. The van der Waals surface area contributed by atoms with Crippen LogP contribution in [0, 0.1) is 23.2 Å². The fourth-order valence-corrected chi connectivity index (χ4v) is 5.42. The smallest absolute Gasteiger partial charge is 0.337 e. The van der Waals surface area contributed by atoms with Gasteiger partial charge in [0.2, 0.25) is 0 Å². The maximum absolute atomic E-state index is 12.8. The van der Waals surface area contributed by atoms with E-state index in [9.17, 15) is 9.59 Å². The van der Waals surface area contributed by atoms with Crippen LogP contribution < -0.4 is 0 Å². The highest BCUT2D eigenvalue weighted by Gasteiger charge is 2.55. The van der Waals surface area contributed by atoms with Gasteiger partial charge in [-0.1, -0.05) is 0 Å². The summed E-state index contributed by atoms with van der Waals surface area (Å²) in [6, 6.07) is 0. The molecule has 0 radical (unpaired) electrons. The van der Waals surface area contributed by atoms with Crippen molar-refractivity contribution < 1.29 is 19.1 Å². The van der Waals surface area contributed by atoms with Gasteiger partial charge in [-0.15, -0.1) is 0 Å². The summed E-state index contributed by atoms with van der Waals surface area (Å²) >= 11 is 0. The van der Waals surface area contributed by atoms with Crippen LogP contribution in [0.25, 0.3) is 0 Å². The summed E-state index contributed by atoms with van der Waals surface area (Å²) in [7, 11) is 0. The van der Waals surface area contributed by atoms with Gasteiger partial charge in [0, 0.05) is 6.42 Å². The molecule has 1 aliphatic heterocycles. The topological polar surface area (TPSA) is 52.6 Å². The fourth-order valence-electron chi connectivity index (χ4n) is 5.42. The van der Waals surface area contributed by atoms with Crippen LogP contribution in [-0.2, 0) is 19.1 Å². The van der Waals surface area contributed by atoms with Crippen molar-refractivity contribution in [2.24, 2.45) is 23.2 Å². The number of allylic oxidation sites excluding steroid dienone is 1. The van der Waals surface area contributed by atoms with Crippen LogP contribution in [0.2, 0.25) is 0 Å². The van der Waals surface area contributed by atoms with Crippen molar-refractivity contribution in [1.82, 2.24) is 0 Å². The van der Waals surface area contributed by atoms with Gasteiger partial charge in [0.25, 0.3) is 0 Å². The van der Waals surface area contributed by atoms with E-state index in [1.807, 2.05) is 0 Å². The predicted molar refractivity (Wildman–Crippen MR) is 75.0 cm³/mol. The van der Waals surface area contributed by atoms with Gasteiger partial charge in [-0.05, 0) is 63.2 Å². The van der Waals surface area contributed by atoms with Gasteiger partial charge in [0.05, 0.1) is 17.6 Å². The van der Waals surface area contributed by atoms with Crippen molar-refractivity contribution >= 4 is 11.9 Å². The minimum absolute atomic E-state index is 0.0914. The first-order valence-corrected chi connectivity index (χ1v) is 8.15. The van der Waals surface area contributed by atoms with Crippen LogP contribution >= 0.6 is 0 Å². The van der Waals surface area contributed by atoms with Gasteiger partial charge < -0.3 is 9.47 Å². The summed E-state index contributed by atoms with van der Waals surface area (Å²) in [5, 5.41) is 0. The predicted octanol–water partition coefficient (Wildman–Crippen LogP) is 2.97. The number of cyclic esters (lactones) is 1. The molecular weight excluding hydrogens is 268 g/mol. The zero-order chi connectivity index (χ0) is 14.6. The van der Waals surface area contributed by atoms with E-state index in [-0.39, 0.29) is 17.4 Å². The SMILES string of the molecule is C/C(OC(=O)C12CC3CC(CC(C3)C1)C2)=C1/CCOC1=O. The number of carbonyl (C=O) groups excluding carboxylic acids is 2. The van der Waals surface area contributed by atoms with Gasteiger partial charge in [-0.25, -0.2) is 4.79 Å². The molecule has 4 nitrogen and oxygen atoms in total. The molecule has 21 heavy (non-hydrogen) atoms. The zero-order valence-corrected chi connectivity index (χ0v) is 12.5. The Hall–Kier alpha value is -1.32. The molecule has 5 aliphatic rings. The van der Waals surface area contributed by atoms with Crippen molar-refractivity contribution in [1.29, 1.82) is 0 Å². The first-order valence-electron chi connectivity index (χ1n) is 8.15. The van der Waals surface area contributed by atoms with Gasteiger partial charge in [-0.3, -0.25) is 4.79 Å². The Morgan fingerprint density at radius 3 is 2.19 bits per heavy atom. The number of hydrogen-bond donors (Lipinski definition) is 0. The largest absolute Gasteiger partial charge is 0.462 e. The Kier molecular flexibility index (Phi) is 2.92. The molecule has 0 aromatic rings. The van der Waals surface area contributed by atoms with Crippen molar-refractivity contribution in [3.8, 4) is 0 Å². The molecule has 0 N–H and O–H groups in total. The number of rotatable bonds is 2. The van der Waals surface area contributed by atoms with Crippen LogP contribution in [0.15, 0.2) is 11.3 Å². The molecule has 114 valence electrons. The monoisotopic (exact) mass is 290 g/mol. The lowest BCUT2D eigenvalue weighted by molar-refractivity contribution is -0.167. The molecule has 4 aliphatic carbocycles. The van der Waals surface area contributed by atoms with Crippen LogP contribution in [-0.4, -0.2) is 18.5 Å². The van der Waals surface area contributed by atoms with Crippen LogP contribution in [0.3, 0.4) is 0 Å². The third-order valence-corrected chi connectivity index (χ3v) is 5.97. The van der Waals surface area contributed by atoms with Crippen LogP contribution in [0.5, 0.6) is 0 Å². The van der Waals surface area contributed by atoms with E-state index in [0.717, 1.165) is 19.3 Å². The average molecular weight is 290 g/mol. The van der Waals surface area contributed by atoms with Gasteiger partial charge in [-0.2, -0.15) is 0 Å².